The van der Waals surface area contributed by atoms with E-state index in [0.29, 0.717) is 0 Å². The van der Waals surface area contributed by atoms with Gasteiger partial charge in [0, 0.05) is 0 Å². The molecule has 0 bridgehead atoms. The Morgan fingerprint density at radius 1 is 1.28 bits per heavy atom. The molecule has 0 radical (unpaired) electrons. The Morgan fingerprint density at radius 2 is 2.00 bits per heavy atom. The van der Waals surface area contributed by atoms with Crippen LogP contribution in [-0.2, 0) is 23.4 Å². The zero-order valence-corrected chi connectivity index (χ0v) is 22.3. The van der Waals surface area contributed by atoms with Crippen LogP contribution in [0.4, 0.5) is 11.8 Å². The van der Waals surface area contributed by atoms with Crippen LogP contribution < -0.4 is 21.1 Å². The van der Waals surface area contributed by atoms with E-state index in [-0.39, 0.29) is 28.7 Å². The standard InChI is InChI=1S/C23H29N8O7P/c1-12(2)36-22(33)13(3)30-39(34,38-14-7-5-4-6-8-14)35-10-16-18(32)15(9-24)21(37-16)31-11-27-17-19(25)28-23(26)29-20(17)31/h4-8,11-13,15-16,18,21,32H,10H2,1-3H3,(H,30,34)(H4,25,26,28,29)/t13-,15+,16+,18-,21+,39+/m0/s1. The lowest BCUT2D eigenvalue weighted by Gasteiger charge is -2.25. The number of carbonyl (C=O) groups is 1. The third-order valence-corrected chi connectivity index (χ3v) is 7.34. The van der Waals surface area contributed by atoms with Gasteiger partial charge in [0.15, 0.2) is 17.7 Å². The molecule has 3 aromatic rings. The number of aromatic nitrogens is 4. The maximum absolute atomic E-state index is 13.7. The van der Waals surface area contributed by atoms with E-state index in [1.54, 1.807) is 44.2 Å². The van der Waals surface area contributed by atoms with Crippen molar-refractivity contribution in [3.63, 3.8) is 0 Å². The molecule has 0 spiro atoms. The second-order valence-electron chi connectivity index (χ2n) is 9.04. The van der Waals surface area contributed by atoms with E-state index in [2.05, 4.69) is 20.0 Å². The van der Waals surface area contributed by atoms with Crippen molar-refractivity contribution in [1.82, 2.24) is 24.6 Å². The number of nitrogens with one attached hydrogen (secondary N) is 1. The van der Waals surface area contributed by atoms with Gasteiger partial charge in [0.1, 0.15) is 35.4 Å². The number of nitrogen functional groups attached to an aromatic ring is 2. The van der Waals surface area contributed by atoms with E-state index < -0.39 is 56.8 Å². The summed E-state index contributed by atoms with van der Waals surface area (Å²) in [6.45, 7) is 4.34. The number of benzene rings is 1. The summed E-state index contributed by atoms with van der Waals surface area (Å²) in [5, 5.41) is 23.2. The number of rotatable bonds is 10. The highest BCUT2D eigenvalue weighted by Gasteiger charge is 2.47. The van der Waals surface area contributed by atoms with Gasteiger partial charge in [0.2, 0.25) is 5.95 Å². The lowest BCUT2D eigenvalue weighted by Crippen LogP contribution is -2.37. The van der Waals surface area contributed by atoms with Gasteiger partial charge < -0.3 is 30.6 Å². The topological polar surface area (TPSA) is 223 Å². The average Bonchev–Trinajstić information content (AvgIpc) is 3.43. The van der Waals surface area contributed by atoms with E-state index >= 15 is 0 Å². The number of nitrogens with zero attached hydrogens (tertiary/aromatic N) is 5. The van der Waals surface area contributed by atoms with Crippen molar-refractivity contribution in [3.8, 4) is 11.8 Å². The number of carbonyl (C=O) groups excluding carboxylic acids is 1. The third-order valence-electron chi connectivity index (χ3n) is 5.69. The number of hydrogen-bond donors (Lipinski definition) is 4. The first-order chi connectivity index (χ1) is 18.5. The molecule has 1 aliphatic rings. The summed E-state index contributed by atoms with van der Waals surface area (Å²) in [7, 11) is -4.23. The largest absolute Gasteiger partial charge is 0.462 e. The maximum Gasteiger partial charge on any atom is 0.459 e. The summed E-state index contributed by atoms with van der Waals surface area (Å²) in [6, 6.07) is 9.14. The van der Waals surface area contributed by atoms with E-state index in [0.717, 1.165) is 0 Å². The normalized spacial score (nSPS) is 23.3. The Kier molecular flexibility index (Phi) is 8.34. The number of anilines is 2. The minimum Gasteiger partial charge on any atom is -0.462 e. The molecule has 15 nitrogen and oxygen atoms in total. The molecule has 0 unspecified atom stereocenters. The molecule has 0 aliphatic carbocycles. The number of imidazole rings is 1. The maximum atomic E-state index is 13.7. The monoisotopic (exact) mass is 560 g/mol. The van der Waals surface area contributed by atoms with Crippen molar-refractivity contribution in [2.24, 2.45) is 5.92 Å². The van der Waals surface area contributed by atoms with E-state index in [1.165, 1.54) is 17.8 Å². The molecule has 2 aromatic heterocycles. The van der Waals surface area contributed by atoms with Gasteiger partial charge in [-0.1, -0.05) is 18.2 Å². The van der Waals surface area contributed by atoms with Gasteiger partial charge in [0.25, 0.3) is 0 Å². The molecule has 6 N–H and O–H groups in total. The molecule has 0 amide bonds. The number of nitriles is 1. The molecular weight excluding hydrogens is 531 g/mol. The molecule has 1 aliphatic heterocycles. The number of aliphatic hydroxyl groups is 1. The van der Waals surface area contributed by atoms with Crippen LogP contribution in [0.25, 0.3) is 11.2 Å². The van der Waals surface area contributed by atoms with Gasteiger partial charge >= 0.3 is 13.7 Å². The number of fused-ring (bicyclic) bond motifs is 1. The zero-order valence-electron chi connectivity index (χ0n) is 21.4. The molecular formula is C23H29N8O7P. The molecule has 16 heteroatoms. The van der Waals surface area contributed by atoms with Crippen LogP contribution in [0.1, 0.15) is 27.0 Å². The van der Waals surface area contributed by atoms with E-state index in [4.69, 9.17) is 30.0 Å². The van der Waals surface area contributed by atoms with Gasteiger partial charge in [-0.25, -0.2) is 9.55 Å². The Bertz CT molecular complexity index is 1410. The van der Waals surface area contributed by atoms with Gasteiger partial charge in [-0.15, -0.1) is 0 Å². The summed E-state index contributed by atoms with van der Waals surface area (Å²) in [5.41, 5.74) is 12.0. The lowest BCUT2D eigenvalue weighted by atomic mass is 10.0. The highest BCUT2D eigenvalue weighted by Crippen LogP contribution is 2.46. The first-order valence-electron chi connectivity index (χ1n) is 12.0. The van der Waals surface area contributed by atoms with Crippen molar-refractivity contribution >= 4 is 36.6 Å². The van der Waals surface area contributed by atoms with Crippen molar-refractivity contribution < 1.29 is 33.0 Å². The quantitative estimate of drug-likeness (QED) is 0.204. The molecule has 1 aromatic carbocycles. The number of hydrogen-bond acceptors (Lipinski definition) is 13. The first-order valence-corrected chi connectivity index (χ1v) is 13.5. The van der Waals surface area contributed by atoms with Gasteiger partial charge in [-0.2, -0.15) is 20.3 Å². The Morgan fingerprint density at radius 3 is 2.67 bits per heavy atom. The number of para-hydroxylation sites is 1. The van der Waals surface area contributed by atoms with Crippen LogP contribution in [0.2, 0.25) is 0 Å². The van der Waals surface area contributed by atoms with Gasteiger partial charge in [-0.05, 0) is 32.9 Å². The van der Waals surface area contributed by atoms with Crippen LogP contribution in [0.5, 0.6) is 5.75 Å². The highest BCUT2D eigenvalue weighted by molar-refractivity contribution is 7.52. The predicted molar refractivity (Wildman–Crippen MR) is 138 cm³/mol. The summed E-state index contributed by atoms with van der Waals surface area (Å²) in [4.78, 5) is 24.5. The molecule has 0 saturated carbocycles. The fourth-order valence-corrected chi connectivity index (χ4v) is 5.41. The van der Waals surface area contributed by atoms with Crippen molar-refractivity contribution in [2.75, 3.05) is 18.1 Å². The van der Waals surface area contributed by atoms with Crippen molar-refractivity contribution in [3.05, 3.63) is 36.7 Å². The molecule has 208 valence electrons. The molecule has 1 saturated heterocycles. The number of nitrogens with two attached hydrogens (primary N) is 2. The van der Waals surface area contributed by atoms with E-state index in [1.807, 2.05) is 6.07 Å². The van der Waals surface area contributed by atoms with Crippen LogP contribution >= 0.6 is 7.75 Å². The SMILES string of the molecule is CC(C)OC(=O)[C@H](C)N[P@@](=O)(OC[C@H]1O[C@@H](n2cnc3c(N)nc(N)nc32)[C@H](C#N)[C@@H]1O)Oc1ccccc1. The summed E-state index contributed by atoms with van der Waals surface area (Å²) in [5.74, 6) is -1.61. The average molecular weight is 561 g/mol. The predicted octanol–water partition coefficient (Wildman–Crippen LogP) is 1.52. The summed E-state index contributed by atoms with van der Waals surface area (Å²) < 4.78 is 37.5. The number of aliphatic hydroxyl groups excluding tert-OH is 1. The fourth-order valence-electron chi connectivity index (χ4n) is 3.91. The van der Waals surface area contributed by atoms with Crippen LogP contribution in [0.15, 0.2) is 36.7 Å². The Labute approximate surface area is 223 Å². The van der Waals surface area contributed by atoms with Gasteiger partial charge in [0.05, 0.1) is 25.1 Å². The lowest BCUT2D eigenvalue weighted by molar-refractivity contribution is -0.149. The highest BCUT2D eigenvalue weighted by atomic mass is 31.2. The van der Waals surface area contributed by atoms with Crippen molar-refractivity contribution in [1.29, 1.82) is 5.26 Å². The van der Waals surface area contributed by atoms with E-state index in [9.17, 15) is 19.7 Å². The second kappa shape index (κ2) is 11.5. The number of ether oxygens (including phenoxy) is 2. The number of esters is 1. The molecule has 39 heavy (non-hydrogen) atoms. The minimum atomic E-state index is -4.23. The molecule has 4 rings (SSSR count). The first kappa shape index (κ1) is 28.2. The minimum absolute atomic E-state index is 0.0402. The van der Waals surface area contributed by atoms with Gasteiger partial charge in [-0.3, -0.25) is 13.9 Å². The molecule has 6 atom stereocenters. The zero-order chi connectivity index (χ0) is 28.3. The van der Waals surface area contributed by atoms with Crippen LogP contribution in [0, 0.1) is 17.2 Å². The Hall–Kier alpha value is -3.80. The smallest absolute Gasteiger partial charge is 0.459 e. The summed E-state index contributed by atoms with van der Waals surface area (Å²) in [6.07, 6.45) is -2.59. The molecule has 1 fully saturated rings. The third kappa shape index (κ3) is 6.27. The van der Waals surface area contributed by atoms with Crippen LogP contribution in [0.3, 0.4) is 0 Å². The Balaban J connectivity index is 1.55. The fraction of sp³-hybridized carbons (Fsp3) is 0.435. The summed E-state index contributed by atoms with van der Waals surface area (Å²) >= 11 is 0. The second-order valence-corrected chi connectivity index (χ2v) is 10.7. The van der Waals surface area contributed by atoms with Crippen molar-refractivity contribution in [2.45, 2.75) is 51.4 Å². The molecule has 3 heterocycles. The van der Waals surface area contributed by atoms with Crippen LogP contribution in [-0.4, -0.2) is 61.6 Å².